The van der Waals surface area contributed by atoms with Gasteiger partial charge in [-0.25, -0.2) is 0 Å². The molecule has 1 heterocycles. The van der Waals surface area contributed by atoms with Crippen LogP contribution in [0.2, 0.25) is 0 Å². The van der Waals surface area contributed by atoms with E-state index in [-0.39, 0.29) is 36.1 Å². The molecule has 41 heavy (non-hydrogen) atoms. The molecule has 1 aromatic carbocycles. The summed E-state index contributed by atoms with van der Waals surface area (Å²) < 4.78 is 0. The maximum Gasteiger partial charge on any atom is 0.255 e. The van der Waals surface area contributed by atoms with Crippen LogP contribution in [-0.2, 0) is 36.9 Å². The normalized spacial score (nSPS) is 27.5. The number of amides is 3. The van der Waals surface area contributed by atoms with Gasteiger partial charge < -0.3 is 31.1 Å². The second kappa shape index (κ2) is 9.28. The molecule has 0 bridgehead atoms. The van der Waals surface area contributed by atoms with Gasteiger partial charge in [-0.15, -0.1) is 0 Å². The van der Waals surface area contributed by atoms with Crippen molar-refractivity contribution in [3.05, 3.63) is 51.8 Å². The number of carbonyl (C=O) groups is 5. The Bertz CT molecular complexity index is 1540. The number of Topliss-reactive ketones (excluding diaryl/α,β-unsaturated/α-hetero) is 2. The van der Waals surface area contributed by atoms with Gasteiger partial charge in [-0.05, 0) is 44.5 Å². The molecular formula is C28H30N4O9. The van der Waals surface area contributed by atoms with Crippen LogP contribution in [0.25, 0.3) is 5.76 Å². The highest BCUT2D eigenvalue weighted by molar-refractivity contribution is 6.24. The highest BCUT2D eigenvalue weighted by Gasteiger charge is 2.64. The molecular weight excluding hydrogens is 536 g/mol. The van der Waals surface area contributed by atoms with Gasteiger partial charge >= 0.3 is 0 Å². The zero-order valence-corrected chi connectivity index (χ0v) is 22.8. The van der Waals surface area contributed by atoms with Gasteiger partial charge in [0.15, 0.2) is 11.4 Å². The molecule has 0 saturated heterocycles. The van der Waals surface area contributed by atoms with E-state index in [1.807, 2.05) is 0 Å². The Morgan fingerprint density at radius 2 is 1.68 bits per heavy atom. The van der Waals surface area contributed by atoms with Crippen molar-refractivity contribution in [2.75, 3.05) is 33.1 Å². The molecule has 1 fully saturated rings. The van der Waals surface area contributed by atoms with Crippen molar-refractivity contribution in [2.45, 2.75) is 31.0 Å². The van der Waals surface area contributed by atoms with E-state index in [1.54, 1.807) is 25.1 Å². The first-order valence-electron chi connectivity index (χ1n) is 12.9. The summed E-state index contributed by atoms with van der Waals surface area (Å²) in [5.41, 5.74) is 2.45. The number of benzene rings is 1. The molecule has 1 aromatic rings. The Morgan fingerprint density at radius 1 is 1.07 bits per heavy atom. The number of rotatable bonds is 5. The molecule has 6 N–H and O–H groups in total. The fourth-order valence-corrected chi connectivity index (χ4v) is 6.62. The standard InChI is InChI=1S/C28H30N4O9/c1-30(2)15-9-12(10-32-16(33)5-6-17(32)34)22(35)19-13(15)7-11-8-14-21(31(3)4)24(37)20(27(29)40)26(39)28(14,41)25(38)18(11)23(19)36/h5-6,9,11,14,21,35-36,39,41H,7-8,10H2,1-4H3,(H2,29,40)/t11?,14?,21?,28-/m0/s1. The van der Waals surface area contributed by atoms with E-state index in [2.05, 4.69) is 0 Å². The smallest absolute Gasteiger partial charge is 0.255 e. The van der Waals surface area contributed by atoms with Crippen LogP contribution in [-0.4, -0.2) is 99.3 Å². The van der Waals surface area contributed by atoms with E-state index < -0.39 is 75.6 Å². The number of imide groups is 1. The molecule has 0 aromatic heterocycles. The van der Waals surface area contributed by atoms with Crippen molar-refractivity contribution in [2.24, 2.45) is 17.6 Å². The summed E-state index contributed by atoms with van der Waals surface area (Å²) in [5.74, 6) is -8.61. The van der Waals surface area contributed by atoms with Crippen LogP contribution in [0.15, 0.2) is 35.1 Å². The Balaban J connectivity index is 1.71. The van der Waals surface area contributed by atoms with Gasteiger partial charge in [0.2, 0.25) is 5.78 Å². The second-order valence-electron chi connectivity index (χ2n) is 11.2. The Labute approximate surface area is 234 Å². The highest BCUT2D eigenvalue weighted by atomic mass is 16.3. The third-order valence-corrected chi connectivity index (χ3v) is 8.49. The molecule has 216 valence electrons. The van der Waals surface area contributed by atoms with E-state index in [0.717, 1.165) is 17.1 Å². The number of nitrogens with two attached hydrogens (primary N) is 1. The summed E-state index contributed by atoms with van der Waals surface area (Å²) in [5, 5.41) is 45.6. The molecule has 3 amide bonds. The molecule has 3 aliphatic carbocycles. The molecule has 13 nitrogen and oxygen atoms in total. The second-order valence-corrected chi connectivity index (χ2v) is 11.2. The number of nitrogens with zero attached hydrogens (tertiary/aromatic N) is 3. The molecule has 1 aliphatic heterocycles. The van der Waals surface area contributed by atoms with E-state index in [4.69, 9.17) is 5.73 Å². The highest BCUT2D eigenvalue weighted by Crippen LogP contribution is 2.54. The number of likely N-dealkylation sites (N-methyl/N-ethyl adjacent to an activating group) is 1. The maximum atomic E-state index is 14.0. The SMILES string of the molecule is CN(C)c1cc(CN2C(=O)C=CC2=O)c(O)c2c1CC1CC3C(N(C)C)C(=O)C(C(N)=O)=C(O)[C@@]3(O)C(=O)C1=C2O. The van der Waals surface area contributed by atoms with Gasteiger partial charge in [-0.1, -0.05) is 0 Å². The zero-order valence-electron chi connectivity index (χ0n) is 22.8. The number of fused-ring (bicyclic) bond motifs is 3. The minimum absolute atomic E-state index is 0.0381. The first kappa shape index (κ1) is 28.1. The number of anilines is 1. The van der Waals surface area contributed by atoms with Gasteiger partial charge in [0.25, 0.3) is 17.7 Å². The van der Waals surface area contributed by atoms with Gasteiger partial charge in [0, 0.05) is 49.0 Å². The Hall–Kier alpha value is -4.49. The van der Waals surface area contributed by atoms with Crippen molar-refractivity contribution in [3.63, 3.8) is 0 Å². The van der Waals surface area contributed by atoms with E-state index >= 15 is 0 Å². The van der Waals surface area contributed by atoms with Crippen molar-refractivity contribution in [1.82, 2.24) is 9.80 Å². The van der Waals surface area contributed by atoms with Crippen molar-refractivity contribution >= 4 is 40.7 Å². The van der Waals surface area contributed by atoms with Crippen LogP contribution in [0.3, 0.4) is 0 Å². The van der Waals surface area contributed by atoms with Gasteiger partial charge in [0.05, 0.1) is 18.2 Å². The first-order chi connectivity index (χ1) is 19.1. The van der Waals surface area contributed by atoms with Crippen molar-refractivity contribution < 1.29 is 44.4 Å². The van der Waals surface area contributed by atoms with E-state index in [9.17, 15) is 44.4 Å². The number of aromatic hydroxyl groups is 1. The third kappa shape index (κ3) is 3.79. The van der Waals surface area contributed by atoms with Crippen LogP contribution >= 0.6 is 0 Å². The van der Waals surface area contributed by atoms with E-state index in [1.165, 1.54) is 19.0 Å². The van der Waals surface area contributed by atoms with Crippen LogP contribution < -0.4 is 10.6 Å². The average Bonchev–Trinajstić information content (AvgIpc) is 3.19. The maximum absolute atomic E-state index is 14.0. The van der Waals surface area contributed by atoms with Crippen molar-refractivity contribution in [3.8, 4) is 5.75 Å². The number of hydrogen-bond acceptors (Lipinski definition) is 11. The number of phenols is 1. The summed E-state index contributed by atoms with van der Waals surface area (Å²) in [4.78, 5) is 67.8. The Kier molecular flexibility index (Phi) is 6.35. The quantitative estimate of drug-likeness (QED) is 0.226. The Morgan fingerprint density at radius 3 is 2.22 bits per heavy atom. The fourth-order valence-electron chi connectivity index (χ4n) is 6.62. The predicted molar refractivity (Wildman–Crippen MR) is 143 cm³/mol. The number of ketones is 2. The summed E-state index contributed by atoms with van der Waals surface area (Å²) in [6.07, 6.45) is 2.27. The molecule has 3 unspecified atom stereocenters. The average molecular weight is 567 g/mol. The zero-order chi connectivity index (χ0) is 30.3. The van der Waals surface area contributed by atoms with Crippen LogP contribution in [0, 0.1) is 11.8 Å². The molecule has 5 rings (SSSR count). The molecule has 0 spiro atoms. The minimum Gasteiger partial charge on any atom is -0.508 e. The predicted octanol–water partition coefficient (Wildman–Crippen LogP) is -0.545. The van der Waals surface area contributed by atoms with Gasteiger partial charge in [0.1, 0.15) is 22.8 Å². The summed E-state index contributed by atoms with van der Waals surface area (Å²) in [6.45, 7) is -0.311. The van der Waals surface area contributed by atoms with Crippen LogP contribution in [0.1, 0.15) is 23.1 Å². The number of hydrogen-bond donors (Lipinski definition) is 5. The third-order valence-electron chi connectivity index (χ3n) is 8.49. The number of aliphatic hydroxyl groups excluding tert-OH is 2. The topological polar surface area (TPSA) is 202 Å². The molecule has 4 aliphatic rings. The lowest BCUT2D eigenvalue weighted by Crippen LogP contribution is -2.65. The molecule has 1 saturated carbocycles. The summed E-state index contributed by atoms with van der Waals surface area (Å²) in [7, 11) is 6.51. The lowest BCUT2D eigenvalue weighted by molar-refractivity contribution is -0.153. The minimum atomic E-state index is -2.75. The van der Waals surface area contributed by atoms with Crippen LogP contribution in [0.5, 0.6) is 5.75 Å². The lowest BCUT2D eigenvalue weighted by atomic mass is 9.57. The fraction of sp³-hybridized carbons (Fsp3) is 0.393. The number of primary amides is 1. The lowest BCUT2D eigenvalue weighted by Gasteiger charge is -2.50. The van der Waals surface area contributed by atoms with Crippen molar-refractivity contribution in [1.29, 1.82) is 0 Å². The summed E-state index contributed by atoms with van der Waals surface area (Å²) in [6, 6.07) is 0.410. The number of phenolic OH excluding ortho intramolecular Hbond substituents is 1. The van der Waals surface area contributed by atoms with Crippen LogP contribution in [0.4, 0.5) is 5.69 Å². The monoisotopic (exact) mass is 566 g/mol. The summed E-state index contributed by atoms with van der Waals surface area (Å²) >= 11 is 0. The largest absolute Gasteiger partial charge is 0.508 e. The molecule has 0 radical (unpaired) electrons. The van der Waals surface area contributed by atoms with Gasteiger partial charge in [-0.2, -0.15) is 0 Å². The number of aliphatic hydroxyl groups is 3. The molecule has 4 atom stereocenters. The van der Waals surface area contributed by atoms with Gasteiger partial charge in [-0.3, -0.25) is 33.8 Å². The number of carbonyl (C=O) groups excluding carboxylic acids is 5. The van der Waals surface area contributed by atoms with E-state index in [0.29, 0.717) is 11.3 Å². The molecule has 13 heteroatoms. The first-order valence-corrected chi connectivity index (χ1v) is 12.9.